The Labute approximate surface area is 236 Å². The predicted molar refractivity (Wildman–Crippen MR) is 151 cm³/mol. The second kappa shape index (κ2) is 11.8. The number of aromatic nitrogens is 1. The molecule has 3 aromatic rings. The zero-order valence-corrected chi connectivity index (χ0v) is 23.8. The van der Waals surface area contributed by atoms with Gasteiger partial charge in [-0.1, -0.05) is 59.6 Å². The van der Waals surface area contributed by atoms with Crippen LogP contribution in [-0.4, -0.2) is 36.2 Å². The lowest BCUT2D eigenvalue weighted by molar-refractivity contribution is -0.152. The van der Waals surface area contributed by atoms with Crippen LogP contribution in [-0.2, 0) is 24.6 Å². The highest BCUT2D eigenvalue weighted by Crippen LogP contribution is 2.42. The van der Waals surface area contributed by atoms with Crippen LogP contribution in [0.25, 0.3) is 11.3 Å². The topological polar surface area (TPSA) is 89.5 Å². The molecule has 1 aliphatic rings. The highest BCUT2D eigenvalue weighted by Gasteiger charge is 2.53. The lowest BCUT2D eigenvalue weighted by atomic mass is 9.70. The average Bonchev–Trinajstić information content (AvgIpc) is 3.35. The molecule has 38 heavy (non-hydrogen) atoms. The summed E-state index contributed by atoms with van der Waals surface area (Å²) in [6, 6.07) is 14.1. The van der Waals surface area contributed by atoms with Crippen LogP contribution < -0.4 is 10.6 Å². The van der Waals surface area contributed by atoms with Crippen molar-refractivity contribution in [1.82, 2.24) is 10.3 Å². The third-order valence-electron chi connectivity index (χ3n) is 6.53. The summed E-state index contributed by atoms with van der Waals surface area (Å²) < 4.78 is 11.0. The molecule has 0 saturated carbocycles. The van der Waals surface area contributed by atoms with E-state index in [0.29, 0.717) is 32.1 Å². The molecule has 0 saturated heterocycles. The van der Waals surface area contributed by atoms with E-state index >= 15 is 0 Å². The van der Waals surface area contributed by atoms with Crippen molar-refractivity contribution in [2.75, 3.05) is 18.5 Å². The molecule has 2 aromatic carbocycles. The van der Waals surface area contributed by atoms with Crippen LogP contribution in [0.4, 0.5) is 5.13 Å². The number of ether oxygens (including phenoxy) is 2. The van der Waals surface area contributed by atoms with E-state index in [1.54, 1.807) is 26.0 Å². The van der Waals surface area contributed by atoms with Gasteiger partial charge in [0.1, 0.15) is 5.92 Å². The lowest BCUT2D eigenvalue weighted by Crippen LogP contribution is -2.60. The molecule has 0 amide bonds. The van der Waals surface area contributed by atoms with Gasteiger partial charge in [0.15, 0.2) is 5.13 Å². The largest absolute Gasteiger partial charge is 0.466 e. The van der Waals surface area contributed by atoms with Crippen molar-refractivity contribution in [2.45, 2.75) is 39.3 Å². The molecule has 3 atom stereocenters. The third kappa shape index (κ3) is 5.53. The van der Waals surface area contributed by atoms with Gasteiger partial charge in [-0.05, 0) is 45.4 Å². The van der Waals surface area contributed by atoms with E-state index in [4.69, 9.17) is 37.7 Å². The minimum atomic E-state index is -0.894. The Bertz CT molecular complexity index is 1360. The number of halogens is 2. The average molecular weight is 575 g/mol. The van der Waals surface area contributed by atoms with Crippen molar-refractivity contribution in [3.05, 3.63) is 80.8 Å². The number of nitrogens with zero attached hydrogens (tertiary/aromatic N) is 1. The van der Waals surface area contributed by atoms with Crippen LogP contribution in [0.3, 0.4) is 0 Å². The first-order valence-corrected chi connectivity index (χ1v) is 13.9. The SMILES string of the molecule is CCOC(=O)C1=C(C)NC(C)(c2ccccc2)C(C(=O)OCC)C1Nc1nc(-c2ccc(Cl)c(Cl)c2)cs1. The van der Waals surface area contributed by atoms with Crippen LogP contribution in [0.1, 0.15) is 33.3 Å². The number of carbonyl (C=O) groups excluding carboxylic acids is 2. The third-order valence-corrected chi connectivity index (χ3v) is 8.04. The molecule has 0 aliphatic carbocycles. The molecule has 10 heteroatoms. The van der Waals surface area contributed by atoms with Crippen LogP contribution in [0, 0.1) is 5.92 Å². The minimum Gasteiger partial charge on any atom is -0.466 e. The highest BCUT2D eigenvalue weighted by molar-refractivity contribution is 7.14. The highest BCUT2D eigenvalue weighted by atomic mass is 35.5. The molecular weight excluding hydrogens is 545 g/mol. The smallest absolute Gasteiger partial charge is 0.337 e. The molecule has 1 aromatic heterocycles. The fourth-order valence-electron chi connectivity index (χ4n) is 4.81. The zero-order valence-electron chi connectivity index (χ0n) is 21.5. The van der Waals surface area contributed by atoms with Crippen molar-refractivity contribution >= 4 is 51.6 Å². The summed E-state index contributed by atoms with van der Waals surface area (Å²) in [6.45, 7) is 7.64. The van der Waals surface area contributed by atoms with Crippen molar-refractivity contribution in [3.63, 3.8) is 0 Å². The monoisotopic (exact) mass is 573 g/mol. The van der Waals surface area contributed by atoms with E-state index in [2.05, 4.69) is 10.6 Å². The summed E-state index contributed by atoms with van der Waals surface area (Å²) in [4.78, 5) is 31.5. The Morgan fingerprint density at radius 3 is 2.45 bits per heavy atom. The Morgan fingerprint density at radius 2 is 1.79 bits per heavy atom. The van der Waals surface area contributed by atoms with E-state index in [0.717, 1.165) is 11.1 Å². The van der Waals surface area contributed by atoms with Gasteiger partial charge in [0.25, 0.3) is 0 Å². The number of rotatable bonds is 8. The summed E-state index contributed by atoms with van der Waals surface area (Å²) in [5.41, 5.74) is 2.39. The van der Waals surface area contributed by atoms with Gasteiger partial charge in [0, 0.05) is 16.6 Å². The molecule has 0 fully saturated rings. The van der Waals surface area contributed by atoms with E-state index in [1.807, 2.05) is 55.6 Å². The van der Waals surface area contributed by atoms with Gasteiger partial charge in [-0.3, -0.25) is 4.79 Å². The van der Waals surface area contributed by atoms with Crippen molar-refractivity contribution in [3.8, 4) is 11.3 Å². The van der Waals surface area contributed by atoms with Gasteiger partial charge in [-0.15, -0.1) is 11.3 Å². The van der Waals surface area contributed by atoms with Crippen LogP contribution in [0.15, 0.2) is 65.2 Å². The maximum Gasteiger partial charge on any atom is 0.337 e. The molecule has 2 N–H and O–H groups in total. The van der Waals surface area contributed by atoms with Gasteiger partial charge in [0.05, 0.1) is 46.1 Å². The molecule has 3 unspecified atom stereocenters. The van der Waals surface area contributed by atoms with Crippen molar-refractivity contribution in [2.24, 2.45) is 5.92 Å². The van der Waals surface area contributed by atoms with E-state index in [-0.39, 0.29) is 13.2 Å². The Kier molecular flexibility index (Phi) is 8.65. The first-order chi connectivity index (χ1) is 18.2. The summed E-state index contributed by atoms with van der Waals surface area (Å²) >= 11 is 13.6. The number of hydrogen-bond acceptors (Lipinski definition) is 8. The molecule has 1 aliphatic heterocycles. The maximum absolute atomic E-state index is 13.6. The first-order valence-electron chi connectivity index (χ1n) is 12.2. The first kappa shape index (κ1) is 28.0. The van der Waals surface area contributed by atoms with E-state index in [9.17, 15) is 9.59 Å². The molecule has 0 bridgehead atoms. The second-order valence-electron chi connectivity index (χ2n) is 8.97. The van der Waals surface area contributed by atoms with Gasteiger partial charge < -0.3 is 20.1 Å². The maximum atomic E-state index is 13.6. The van der Waals surface area contributed by atoms with Crippen LogP contribution >= 0.6 is 34.5 Å². The summed E-state index contributed by atoms with van der Waals surface area (Å²) in [6.07, 6.45) is 0. The number of nitrogens with one attached hydrogen (secondary N) is 2. The standard InChI is InChI=1S/C28H29Cl2N3O4S/c1-5-36-25(34)22-16(3)33-28(4,18-10-8-7-9-11-18)23(26(35)37-6-2)24(22)32-27-31-21(15-38-27)17-12-13-19(29)20(30)14-17/h7-15,23-24,33H,5-6H2,1-4H3,(H,31,32). The number of esters is 2. The Morgan fingerprint density at radius 1 is 1.08 bits per heavy atom. The zero-order chi connectivity index (χ0) is 27.4. The molecule has 4 rings (SSSR count). The number of thiazole rings is 1. The second-order valence-corrected chi connectivity index (χ2v) is 10.6. The normalized spacial score (nSPS) is 21.0. The van der Waals surface area contributed by atoms with Gasteiger partial charge in [-0.2, -0.15) is 0 Å². The molecule has 0 radical (unpaired) electrons. The number of hydrogen-bond donors (Lipinski definition) is 2. The molecule has 0 spiro atoms. The lowest BCUT2D eigenvalue weighted by Gasteiger charge is -2.47. The molecular formula is C28H29Cl2N3O4S. The predicted octanol–water partition coefficient (Wildman–Crippen LogP) is 6.43. The van der Waals surface area contributed by atoms with Crippen molar-refractivity contribution in [1.29, 1.82) is 0 Å². The van der Waals surface area contributed by atoms with Crippen LogP contribution in [0.5, 0.6) is 0 Å². The fraction of sp³-hybridized carbons (Fsp3) is 0.321. The fourth-order valence-corrected chi connectivity index (χ4v) is 5.87. The van der Waals surface area contributed by atoms with Gasteiger partial charge >= 0.3 is 11.9 Å². The van der Waals surface area contributed by atoms with E-state index < -0.39 is 29.4 Å². The van der Waals surface area contributed by atoms with Crippen LogP contribution in [0.2, 0.25) is 10.0 Å². The minimum absolute atomic E-state index is 0.196. The quantitative estimate of drug-likeness (QED) is 0.300. The van der Waals surface area contributed by atoms with E-state index in [1.165, 1.54) is 11.3 Å². The summed E-state index contributed by atoms with van der Waals surface area (Å²) in [5.74, 6) is -1.79. The Balaban J connectivity index is 1.82. The Hall–Kier alpha value is -3.07. The number of benzene rings is 2. The molecule has 7 nitrogen and oxygen atoms in total. The number of carbonyl (C=O) groups is 2. The summed E-state index contributed by atoms with van der Waals surface area (Å²) in [5, 5.41) is 10.1. The summed E-state index contributed by atoms with van der Waals surface area (Å²) in [7, 11) is 0. The van der Waals surface area contributed by atoms with Gasteiger partial charge in [-0.25, -0.2) is 9.78 Å². The number of allylic oxidation sites excluding steroid dienone is 1. The van der Waals surface area contributed by atoms with Gasteiger partial charge in [0.2, 0.25) is 0 Å². The molecule has 2 heterocycles. The molecule has 200 valence electrons. The van der Waals surface area contributed by atoms with Crippen molar-refractivity contribution < 1.29 is 19.1 Å². The number of anilines is 1.